The van der Waals surface area contributed by atoms with E-state index in [0.717, 1.165) is 11.1 Å². The standard InChI is InChI=1S/C18H23NO4/c1-17(2,3)23-16(22)19-11-5-7-13-6-4-8-14(12-13)18(9-10-18)15(20)21/h4-8,12H,9-11H2,1-3H3,(H,19,22)(H,20,21). The molecule has 0 bridgehead atoms. The van der Waals surface area contributed by atoms with E-state index >= 15 is 0 Å². The zero-order chi connectivity index (χ0) is 17.1. The van der Waals surface area contributed by atoms with E-state index in [0.29, 0.717) is 19.4 Å². The first-order valence-corrected chi connectivity index (χ1v) is 7.70. The number of carbonyl (C=O) groups excluding carboxylic acids is 1. The minimum absolute atomic E-state index is 0.350. The molecule has 1 aromatic rings. The van der Waals surface area contributed by atoms with E-state index in [2.05, 4.69) is 5.32 Å². The molecular weight excluding hydrogens is 294 g/mol. The van der Waals surface area contributed by atoms with Crippen molar-refractivity contribution in [2.24, 2.45) is 0 Å². The lowest BCUT2D eigenvalue weighted by atomic mass is 9.94. The van der Waals surface area contributed by atoms with Crippen LogP contribution in [0, 0.1) is 0 Å². The molecule has 0 aromatic heterocycles. The summed E-state index contributed by atoms with van der Waals surface area (Å²) in [6.45, 7) is 5.78. The Bertz CT molecular complexity index is 624. The summed E-state index contributed by atoms with van der Waals surface area (Å²) in [5.41, 5.74) is 0.546. The second kappa shape index (κ2) is 6.44. The van der Waals surface area contributed by atoms with Crippen LogP contribution in [-0.2, 0) is 14.9 Å². The van der Waals surface area contributed by atoms with Gasteiger partial charge >= 0.3 is 12.1 Å². The Hall–Kier alpha value is -2.30. The molecule has 5 heteroatoms. The van der Waals surface area contributed by atoms with E-state index in [-0.39, 0.29) is 0 Å². The number of ether oxygens (including phenoxy) is 1. The Morgan fingerprint density at radius 1 is 1.35 bits per heavy atom. The molecule has 124 valence electrons. The molecule has 2 N–H and O–H groups in total. The Kier molecular flexibility index (Phi) is 4.78. The second-order valence-electron chi connectivity index (χ2n) is 6.80. The van der Waals surface area contributed by atoms with Crippen molar-refractivity contribution in [1.29, 1.82) is 0 Å². The monoisotopic (exact) mass is 317 g/mol. The summed E-state index contributed by atoms with van der Waals surface area (Å²) in [7, 11) is 0. The third-order valence-electron chi connectivity index (χ3n) is 3.67. The molecule has 0 heterocycles. The summed E-state index contributed by atoms with van der Waals surface area (Å²) in [6, 6.07) is 7.52. The molecule has 1 aliphatic carbocycles. The molecule has 1 aromatic carbocycles. The molecule has 1 saturated carbocycles. The Morgan fingerprint density at radius 2 is 2.04 bits per heavy atom. The quantitative estimate of drug-likeness (QED) is 0.873. The zero-order valence-electron chi connectivity index (χ0n) is 13.8. The smallest absolute Gasteiger partial charge is 0.407 e. The lowest BCUT2D eigenvalue weighted by molar-refractivity contribution is -0.140. The number of benzene rings is 1. The van der Waals surface area contributed by atoms with Crippen LogP contribution in [0.15, 0.2) is 30.3 Å². The van der Waals surface area contributed by atoms with Crippen LogP contribution in [0.2, 0.25) is 0 Å². The number of hydrogen-bond acceptors (Lipinski definition) is 3. The van der Waals surface area contributed by atoms with Crippen molar-refractivity contribution in [3.63, 3.8) is 0 Å². The van der Waals surface area contributed by atoms with E-state index in [1.54, 1.807) is 0 Å². The highest BCUT2D eigenvalue weighted by atomic mass is 16.6. The van der Waals surface area contributed by atoms with E-state index in [1.807, 2.05) is 57.2 Å². The molecule has 0 radical (unpaired) electrons. The van der Waals surface area contributed by atoms with Crippen molar-refractivity contribution in [2.75, 3.05) is 6.54 Å². The topological polar surface area (TPSA) is 75.6 Å². The molecule has 5 nitrogen and oxygen atoms in total. The molecule has 23 heavy (non-hydrogen) atoms. The van der Waals surface area contributed by atoms with Gasteiger partial charge in [-0.25, -0.2) is 4.79 Å². The number of amides is 1. The van der Waals surface area contributed by atoms with Crippen LogP contribution in [-0.4, -0.2) is 29.3 Å². The largest absolute Gasteiger partial charge is 0.481 e. The van der Waals surface area contributed by atoms with Gasteiger partial charge in [0.05, 0.1) is 5.41 Å². The fraction of sp³-hybridized carbons (Fsp3) is 0.444. The van der Waals surface area contributed by atoms with Crippen LogP contribution in [0.25, 0.3) is 6.08 Å². The number of aliphatic carboxylic acids is 1. The Morgan fingerprint density at radius 3 is 2.61 bits per heavy atom. The van der Waals surface area contributed by atoms with Crippen LogP contribution < -0.4 is 5.32 Å². The number of nitrogens with one attached hydrogen (secondary N) is 1. The molecule has 1 amide bonds. The third-order valence-corrected chi connectivity index (χ3v) is 3.67. The summed E-state index contributed by atoms with van der Waals surface area (Å²) < 4.78 is 5.14. The van der Waals surface area contributed by atoms with Crippen molar-refractivity contribution in [3.05, 3.63) is 41.5 Å². The molecule has 0 unspecified atom stereocenters. The maximum absolute atomic E-state index is 11.5. The van der Waals surface area contributed by atoms with Gasteiger partial charge in [-0.3, -0.25) is 4.79 Å². The van der Waals surface area contributed by atoms with Crippen molar-refractivity contribution >= 4 is 18.1 Å². The normalized spacial score (nSPS) is 16.1. The molecule has 0 atom stereocenters. The first-order chi connectivity index (χ1) is 10.7. The van der Waals surface area contributed by atoms with E-state index < -0.39 is 23.1 Å². The van der Waals surface area contributed by atoms with Crippen LogP contribution in [0.1, 0.15) is 44.7 Å². The van der Waals surface area contributed by atoms with Crippen LogP contribution in [0.5, 0.6) is 0 Å². The first kappa shape index (κ1) is 17.1. The first-order valence-electron chi connectivity index (χ1n) is 7.70. The SMILES string of the molecule is CC(C)(C)OC(=O)NCC=Cc1cccc(C2(C(=O)O)CC2)c1. The fourth-order valence-corrected chi connectivity index (χ4v) is 2.34. The van der Waals surface area contributed by atoms with E-state index in [9.17, 15) is 14.7 Å². The number of alkyl carbamates (subject to hydrolysis) is 1. The van der Waals surface area contributed by atoms with Gasteiger partial charge in [0, 0.05) is 6.54 Å². The summed E-state index contributed by atoms with van der Waals surface area (Å²) in [5, 5.41) is 12.0. The number of carbonyl (C=O) groups is 2. The van der Waals surface area contributed by atoms with Gasteiger partial charge in [0.15, 0.2) is 0 Å². The van der Waals surface area contributed by atoms with E-state index in [1.165, 1.54) is 0 Å². The maximum atomic E-state index is 11.5. The molecule has 0 spiro atoms. The molecule has 1 fully saturated rings. The number of carboxylic acids is 1. The van der Waals surface area contributed by atoms with E-state index in [4.69, 9.17) is 4.74 Å². The predicted molar refractivity (Wildman–Crippen MR) is 88.3 cm³/mol. The molecule has 0 saturated heterocycles. The summed E-state index contributed by atoms with van der Waals surface area (Å²) >= 11 is 0. The van der Waals surface area contributed by atoms with Crippen molar-refractivity contribution in [3.8, 4) is 0 Å². The highest BCUT2D eigenvalue weighted by Crippen LogP contribution is 2.48. The van der Waals surface area contributed by atoms with Gasteiger partial charge in [0.25, 0.3) is 0 Å². The van der Waals surface area contributed by atoms with Gasteiger partial charge in [-0.15, -0.1) is 0 Å². The highest BCUT2D eigenvalue weighted by molar-refractivity contribution is 5.85. The van der Waals surface area contributed by atoms with Gasteiger partial charge in [-0.1, -0.05) is 36.4 Å². The molecular formula is C18H23NO4. The number of rotatable bonds is 5. The van der Waals surface area contributed by atoms with Gasteiger partial charge < -0.3 is 15.2 Å². The van der Waals surface area contributed by atoms with Crippen molar-refractivity contribution in [1.82, 2.24) is 5.32 Å². The van der Waals surface area contributed by atoms with Crippen LogP contribution >= 0.6 is 0 Å². The van der Waals surface area contributed by atoms with Crippen molar-refractivity contribution < 1.29 is 19.4 Å². The van der Waals surface area contributed by atoms with Gasteiger partial charge in [0.1, 0.15) is 5.60 Å². The molecule has 2 rings (SSSR count). The maximum Gasteiger partial charge on any atom is 0.407 e. The average Bonchev–Trinajstić information content (AvgIpc) is 3.24. The van der Waals surface area contributed by atoms with Gasteiger partial charge in [-0.05, 0) is 44.7 Å². The lowest BCUT2D eigenvalue weighted by Crippen LogP contribution is -2.32. The fourth-order valence-electron chi connectivity index (χ4n) is 2.34. The minimum Gasteiger partial charge on any atom is -0.481 e. The minimum atomic E-state index is -0.759. The second-order valence-corrected chi connectivity index (χ2v) is 6.80. The predicted octanol–water partition coefficient (Wildman–Crippen LogP) is 3.34. The lowest BCUT2D eigenvalue weighted by Gasteiger charge is -2.19. The summed E-state index contributed by atoms with van der Waals surface area (Å²) in [6.07, 6.45) is 4.59. The van der Waals surface area contributed by atoms with Crippen LogP contribution in [0.4, 0.5) is 4.79 Å². The average molecular weight is 317 g/mol. The number of carboxylic acid groups (broad SMARTS) is 1. The van der Waals surface area contributed by atoms with Crippen LogP contribution in [0.3, 0.4) is 0 Å². The summed E-state index contributed by atoms with van der Waals surface area (Å²) in [5.74, 6) is -0.759. The van der Waals surface area contributed by atoms with Gasteiger partial charge in [0.2, 0.25) is 0 Å². The van der Waals surface area contributed by atoms with Crippen molar-refractivity contribution in [2.45, 2.75) is 44.6 Å². The van der Waals surface area contributed by atoms with Gasteiger partial charge in [-0.2, -0.15) is 0 Å². The highest BCUT2D eigenvalue weighted by Gasteiger charge is 2.51. The molecule has 0 aliphatic heterocycles. The Balaban J connectivity index is 1.91. The summed E-state index contributed by atoms with van der Waals surface area (Å²) in [4.78, 5) is 22.9. The number of hydrogen-bond donors (Lipinski definition) is 2. The zero-order valence-corrected chi connectivity index (χ0v) is 13.8. The molecule has 1 aliphatic rings. The Labute approximate surface area is 136 Å². The third kappa shape index (κ3) is 4.58.